The molecule has 0 unspecified atom stereocenters. The van der Waals surface area contributed by atoms with Gasteiger partial charge in [0.1, 0.15) is 0 Å². The fraction of sp³-hybridized carbons (Fsp3) is 0.923. The number of hydrogen-bond acceptors (Lipinski definition) is 4. The molecule has 0 radical (unpaired) electrons. The van der Waals surface area contributed by atoms with Crippen molar-refractivity contribution in [3.63, 3.8) is 0 Å². The van der Waals surface area contributed by atoms with Crippen molar-refractivity contribution in [3.8, 4) is 0 Å². The van der Waals surface area contributed by atoms with Crippen LogP contribution in [0.3, 0.4) is 0 Å². The van der Waals surface area contributed by atoms with E-state index in [2.05, 4.69) is 28.8 Å². The van der Waals surface area contributed by atoms with Gasteiger partial charge in [-0.1, -0.05) is 0 Å². The summed E-state index contributed by atoms with van der Waals surface area (Å²) in [6, 6.07) is 0. The van der Waals surface area contributed by atoms with Gasteiger partial charge in [0.2, 0.25) is 0 Å². The maximum atomic E-state index is 5.40. The van der Waals surface area contributed by atoms with Crippen LogP contribution < -0.4 is 10.6 Å². The van der Waals surface area contributed by atoms with Crippen LogP contribution in [0.4, 0.5) is 0 Å². The van der Waals surface area contributed by atoms with Crippen molar-refractivity contribution in [3.05, 3.63) is 0 Å². The standard InChI is InChI=1S/C13H29N3O2S.HI/c1-4-14-13(16-8-6-12-19-3)15-7-5-9-18-11-10-17-2;/h4-12H2,1-3H3,(H2,14,15,16);1H. The summed E-state index contributed by atoms with van der Waals surface area (Å²) in [7, 11) is 1.68. The Hall–Kier alpha value is 0.270. The van der Waals surface area contributed by atoms with Crippen LogP contribution in [-0.2, 0) is 9.47 Å². The minimum atomic E-state index is 0. The van der Waals surface area contributed by atoms with Crippen molar-refractivity contribution >= 4 is 41.7 Å². The highest BCUT2D eigenvalue weighted by atomic mass is 127. The molecule has 7 heteroatoms. The molecule has 0 heterocycles. The Morgan fingerprint density at radius 3 is 2.60 bits per heavy atom. The molecule has 0 atom stereocenters. The van der Waals surface area contributed by atoms with Gasteiger partial charge in [0.05, 0.1) is 13.2 Å². The molecule has 0 amide bonds. The van der Waals surface area contributed by atoms with E-state index >= 15 is 0 Å². The first-order valence-electron chi connectivity index (χ1n) is 6.93. The number of guanidine groups is 1. The van der Waals surface area contributed by atoms with Crippen molar-refractivity contribution in [1.82, 2.24) is 10.6 Å². The molecule has 0 rings (SSSR count). The largest absolute Gasteiger partial charge is 0.382 e. The normalized spacial score (nSPS) is 11.1. The van der Waals surface area contributed by atoms with E-state index in [1.165, 1.54) is 0 Å². The highest BCUT2D eigenvalue weighted by Crippen LogP contribution is 1.95. The molecule has 0 aromatic carbocycles. The summed E-state index contributed by atoms with van der Waals surface area (Å²) in [5.41, 5.74) is 0. The fourth-order valence-electron chi connectivity index (χ4n) is 1.37. The number of thioether (sulfide) groups is 1. The molecule has 0 fully saturated rings. The lowest BCUT2D eigenvalue weighted by Crippen LogP contribution is -2.38. The van der Waals surface area contributed by atoms with E-state index in [1.54, 1.807) is 7.11 Å². The Bertz CT molecular complexity index is 222. The van der Waals surface area contributed by atoms with Crippen molar-refractivity contribution in [1.29, 1.82) is 0 Å². The summed E-state index contributed by atoms with van der Waals surface area (Å²) >= 11 is 1.86. The first kappa shape index (κ1) is 22.5. The molecule has 0 saturated heterocycles. The number of ether oxygens (including phenoxy) is 2. The zero-order valence-electron chi connectivity index (χ0n) is 12.9. The van der Waals surface area contributed by atoms with Gasteiger partial charge >= 0.3 is 0 Å². The lowest BCUT2D eigenvalue weighted by molar-refractivity contribution is 0.0698. The minimum Gasteiger partial charge on any atom is -0.382 e. The van der Waals surface area contributed by atoms with E-state index < -0.39 is 0 Å². The lowest BCUT2D eigenvalue weighted by atomic mass is 10.4. The second kappa shape index (κ2) is 19.3. The van der Waals surface area contributed by atoms with Gasteiger partial charge in [0.15, 0.2) is 5.96 Å². The molecule has 0 saturated carbocycles. The van der Waals surface area contributed by atoms with Crippen molar-refractivity contribution in [2.24, 2.45) is 4.99 Å². The molecule has 0 aromatic rings. The lowest BCUT2D eigenvalue weighted by Gasteiger charge is -2.11. The highest BCUT2D eigenvalue weighted by Gasteiger charge is 1.96. The van der Waals surface area contributed by atoms with E-state index in [1.807, 2.05) is 11.8 Å². The van der Waals surface area contributed by atoms with Gasteiger partial charge in [0, 0.05) is 33.4 Å². The van der Waals surface area contributed by atoms with Crippen LogP contribution in [0.15, 0.2) is 4.99 Å². The zero-order chi connectivity index (χ0) is 14.2. The zero-order valence-corrected chi connectivity index (χ0v) is 16.1. The van der Waals surface area contributed by atoms with Crippen LogP contribution in [-0.4, -0.2) is 64.5 Å². The van der Waals surface area contributed by atoms with Gasteiger partial charge in [-0.15, -0.1) is 24.0 Å². The third-order valence-electron chi connectivity index (χ3n) is 2.31. The monoisotopic (exact) mass is 419 g/mol. The molecule has 0 aliphatic rings. The number of rotatable bonds is 12. The van der Waals surface area contributed by atoms with Crippen molar-refractivity contribution in [2.45, 2.75) is 19.8 Å². The molecular weight excluding hydrogens is 389 g/mol. The number of nitrogens with zero attached hydrogens (tertiary/aromatic N) is 1. The van der Waals surface area contributed by atoms with E-state index in [4.69, 9.17) is 9.47 Å². The topological polar surface area (TPSA) is 54.9 Å². The molecule has 2 N–H and O–H groups in total. The first-order chi connectivity index (χ1) is 9.35. The minimum absolute atomic E-state index is 0. The van der Waals surface area contributed by atoms with E-state index in [0.29, 0.717) is 13.2 Å². The Kier molecular flexibility index (Phi) is 21.7. The predicted octanol–water partition coefficient (Wildman–Crippen LogP) is 1.97. The van der Waals surface area contributed by atoms with E-state index in [9.17, 15) is 0 Å². The molecule has 0 aliphatic heterocycles. The summed E-state index contributed by atoms with van der Waals surface area (Å²) in [5, 5.41) is 6.55. The molecule has 0 bridgehead atoms. The Balaban J connectivity index is 0. The van der Waals surface area contributed by atoms with E-state index in [0.717, 1.165) is 50.8 Å². The number of halogens is 1. The SMILES string of the molecule is CCNC(=NCCCSC)NCCCOCCOC.I. The summed E-state index contributed by atoms with van der Waals surface area (Å²) < 4.78 is 10.3. The maximum Gasteiger partial charge on any atom is 0.191 e. The Morgan fingerprint density at radius 2 is 1.95 bits per heavy atom. The molecule has 0 aliphatic carbocycles. The molecular formula is C13H30IN3O2S. The predicted molar refractivity (Wildman–Crippen MR) is 99.7 cm³/mol. The Morgan fingerprint density at radius 1 is 1.15 bits per heavy atom. The van der Waals surface area contributed by atoms with Gasteiger partial charge in [-0.2, -0.15) is 11.8 Å². The van der Waals surface area contributed by atoms with Crippen LogP contribution in [0.2, 0.25) is 0 Å². The summed E-state index contributed by atoms with van der Waals surface area (Å²) in [6.07, 6.45) is 4.22. The fourth-order valence-corrected chi connectivity index (χ4v) is 1.78. The smallest absolute Gasteiger partial charge is 0.191 e. The highest BCUT2D eigenvalue weighted by molar-refractivity contribution is 14.0. The summed E-state index contributed by atoms with van der Waals surface area (Å²) in [4.78, 5) is 4.52. The van der Waals surface area contributed by atoms with E-state index in [-0.39, 0.29) is 24.0 Å². The quantitative estimate of drug-likeness (QED) is 0.219. The van der Waals surface area contributed by atoms with Gasteiger partial charge in [-0.05, 0) is 31.8 Å². The molecule has 0 spiro atoms. The Labute approximate surface area is 145 Å². The molecule has 122 valence electrons. The molecule has 0 aromatic heterocycles. The second-order valence-corrected chi connectivity index (χ2v) is 4.98. The summed E-state index contributed by atoms with van der Waals surface area (Å²) in [5.74, 6) is 2.07. The third-order valence-corrected chi connectivity index (χ3v) is 3.01. The number of hydrogen-bond donors (Lipinski definition) is 2. The molecule has 5 nitrogen and oxygen atoms in total. The maximum absolute atomic E-state index is 5.40. The van der Waals surface area contributed by atoms with Crippen LogP contribution in [0.1, 0.15) is 19.8 Å². The van der Waals surface area contributed by atoms with Gasteiger partial charge in [-0.3, -0.25) is 4.99 Å². The van der Waals surface area contributed by atoms with Crippen LogP contribution >= 0.6 is 35.7 Å². The average molecular weight is 419 g/mol. The number of nitrogens with one attached hydrogen (secondary N) is 2. The molecule has 20 heavy (non-hydrogen) atoms. The van der Waals surface area contributed by atoms with Gasteiger partial charge in [-0.25, -0.2) is 0 Å². The average Bonchev–Trinajstić information content (AvgIpc) is 2.42. The van der Waals surface area contributed by atoms with Gasteiger partial charge < -0.3 is 20.1 Å². The number of aliphatic imine (C=N–C) groups is 1. The summed E-state index contributed by atoms with van der Waals surface area (Å²) in [6.45, 7) is 6.79. The third kappa shape index (κ3) is 16.3. The van der Waals surface area contributed by atoms with Crippen molar-refractivity contribution in [2.75, 3.05) is 58.6 Å². The van der Waals surface area contributed by atoms with Crippen LogP contribution in [0.5, 0.6) is 0 Å². The van der Waals surface area contributed by atoms with Crippen LogP contribution in [0, 0.1) is 0 Å². The van der Waals surface area contributed by atoms with Crippen LogP contribution in [0.25, 0.3) is 0 Å². The first-order valence-corrected chi connectivity index (χ1v) is 8.32. The number of methoxy groups -OCH3 is 1. The van der Waals surface area contributed by atoms with Gasteiger partial charge in [0.25, 0.3) is 0 Å². The second-order valence-electron chi connectivity index (χ2n) is 3.99. The van der Waals surface area contributed by atoms with Crippen molar-refractivity contribution < 1.29 is 9.47 Å².